The van der Waals surface area contributed by atoms with Crippen molar-refractivity contribution in [3.63, 3.8) is 0 Å². The van der Waals surface area contributed by atoms with Crippen molar-refractivity contribution in [2.75, 3.05) is 18.4 Å². The summed E-state index contributed by atoms with van der Waals surface area (Å²) in [7, 11) is 0. The van der Waals surface area contributed by atoms with Crippen LogP contribution in [0.3, 0.4) is 0 Å². The molecule has 0 amide bonds. The van der Waals surface area contributed by atoms with E-state index in [1.54, 1.807) is 6.07 Å². The quantitative estimate of drug-likeness (QED) is 0.938. The van der Waals surface area contributed by atoms with E-state index in [0.29, 0.717) is 11.7 Å². The summed E-state index contributed by atoms with van der Waals surface area (Å²) in [5.41, 5.74) is 1.55. The third-order valence-corrected chi connectivity index (χ3v) is 3.83. The molecule has 2 aromatic heterocycles. The standard InChI is InChI=1S/C17H19N5/c18-11-14-6-3-8-17(20-14)21-16-7-4-10-22(13-16)12-15-5-1-2-9-19-15/h1-3,5-6,8-9,16H,4,7,10,12-13H2,(H,20,21). The van der Waals surface area contributed by atoms with Crippen molar-refractivity contribution in [1.29, 1.82) is 5.26 Å². The molecule has 0 radical (unpaired) electrons. The molecular weight excluding hydrogens is 274 g/mol. The highest BCUT2D eigenvalue weighted by atomic mass is 15.2. The smallest absolute Gasteiger partial charge is 0.142 e. The largest absolute Gasteiger partial charge is 0.366 e. The molecule has 3 heterocycles. The van der Waals surface area contributed by atoms with Gasteiger partial charge in [-0.1, -0.05) is 12.1 Å². The number of rotatable bonds is 4. The third-order valence-electron chi connectivity index (χ3n) is 3.83. The maximum Gasteiger partial charge on any atom is 0.142 e. The van der Waals surface area contributed by atoms with Crippen molar-refractivity contribution in [3.05, 3.63) is 54.0 Å². The lowest BCUT2D eigenvalue weighted by Gasteiger charge is -2.33. The first-order valence-electron chi connectivity index (χ1n) is 7.59. The van der Waals surface area contributed by atoms with E-state index in [2.05, 4.69) is 32.3 Å². The zero-order valence-corrected chi connectivity index (χ0v) is 12.4. The molecule has 1 aliphatic rings. The van der Waals surface area contributed by atoms with Crippen LogP contribution in [0, 0.1) is 11.3 Å². The number of aromatic nitrogens is 2. The van der Waals surface area contributed by atoms with Gasteiger partial charge in [-0.3, -0.25) is 9.88 Å². The van der Waals surface area contributed by atoms with E-state index in [9.17, 15) is 0 Å². The molecule has 1 N–H and O–H groups in total. The minimum atomic E-state index is 0.360. The summed E-state index contributed by atoms with van der Waals surface area (Å²) in [6.07, 6.45) is 4.12. The monoisotopic (exact) mass is 293 g/mol. The first kappa shape index (κ1) is 14.5. The molecule has 0 saturated carbocycles. The van der Waals surface area contributed by atoms with Crippen molar-refractivity contribution in [2.24, 2.45) is 0 Å². The zero-order chi connectivity index (χ0) is 15.2. The highest BCUT2D eigenvalue weighted by Gasteiger charge is 2.20. The number of hydrogen-bond donors (Lipinski definition) is 1. The van der Waals surface area contributed by atoms with E-state index in [-0.39, 0.29) is 0 Å². The Labute approximate surface area is 130 Å². The number of nitrogens with one attached hydrogen (secondary N) is 1. The average Bonchev–Trinajstić information content (AvgIpc) is 2.56. The van der Waals surface area contributed by atoms with E-state index in [1.807, 2.05) is 30.5 Å². The molecule has 0 aliphatic carbocycles. The third kappa shape index (κ3) is 3.80. The summed E-state index contributed by atoms with van der Waals surface area (Å²) in [4.78, 5) is 11.1. The second-order valence-corrected chi connectivity index (χ2v) is 5.56. The van der Waals surface area contributed by atoms with Gasteiger partial charge in [0.2, 0.25) is 0 Å². The van der Waals surface area contributed by atoms with Crippen molar-refractivity contribution < 1.29 is 0 Å². The fourth-order valence-corrected chi connectivity index (χ4v) is 2.82. The molecule has 22 heavy (non-hydrogen) atoms. The lowest BCUT2D eigenvalue weighted by molar-refractivity contribution is 0.206. The van der Waals surface area contributed by atoms with Gasteiger partial charge in [-0.25, -0.2) is 4.98 Å². The summed E-state index contributed by atoms with van der Waals surface area (Å²) in [5.74, 6) is 0.781. The van der Waals surface area contributed by atoms with Crippen LogP contribution in [0.4, 0.5) is 5.82 Å². The summed E-state index contributed by atoms with van der Waals surface area (Å²) < 4.78 is 0. The average molecular weight is 293 g/mol. The Morgan fingerprint density at radius 2 is 2.23 bits per heavy atom. The van der Waals surface area contributed by atoms with Gasteiger partial charge in [-0.2, -0.15) is 5.26 Å². The summed E-state index contributed by atoms with van der Waals surface area (Å²) in [6.45, 7) is 2.94. The van der Waals surface area contributed by atoms with Crippen molar-refractivity contribution in [2.45, 2.75) is 25.4 Å². The molecule has 1 unspecified atom stereocenters. The Hall–Kier alpha value is -2.45. The lowest BCUT2D eigenvalue weighted by Crippen LogP contribution is -2.41. The molecule has 3 rings (SSSR count). The number of nitrogens with zero attached hydrogens (tertiary/aromatic N) is 4. The van der Waals surface area contributed by atoms with Crippen molar-refractivity contribution in [3.8, 4) is 6.07 Å². The summed E-state index contributed by atoms with van der Waals surface area (Å²) in [5, 5.41) is 12.4. The number of anilines is 1. The topological polar surface area (TPSA) is 64.8 Å². The molecule has 1 atom stereocenters. The second kappa shape index (κ2) is 7.01. The number of hydrogen-bond acceptors (Lipinski definition) is 5. The van der Waals surface area contributed by atoms with Gasteiger partial charge in [0.15, 0.2) is 0 Å². The van der Waals surface area contributed by atoms with Crippen molar-refractivity contribution >= 4 is 5.82 Å². The molecule has 1 aliphatic heterocycles. The fourth-order valence-electron chi connectivity index (χ4n) is 2.82. The summed E-state index contributed by atoms with van der Waals surface area (Å²) >= 11 is 0. The van der Waals surface area contributed by atoms with E-state index >= 15 is 0 Å². The summed E-state index contributed by atoms with van der Waals surface area (Å²) in [6, 6.07) is 14.0. The van der Waals surface area contributed by atoms with E-state index in [1.165, 1.54) is 0 Å². The molecule has 1 saturated heterocycles. The van der Waals surface area contributed by atoms with Crippen LogP contribution in [0.1, 0.15) is 24.2 Å². The Bertz CT molecular complexity index is 650. The van der Waals surface area contributed by atoms with Gasteiger partial charge in [0.1, 0.15) is 17.6 Å². The predicted octanol–water partition coefficient (Wildman–Crippen LogP) is 2.42. The first-order chi connectivity index (χ1) is 10.8. The van der Waals surface area contributed by atoms with Crippen LogP contribution < -0.4 is 5.32 Å². The van der Waals surface area contributed by atoms with Gasteiger partial charge < -0.3 is 5.32 Å². The van der Waals surface area contributed by atoms with Crippen LogP contribution in [-0.4, -0.2) is 34.0 Å². The highest BCUT2D eigenvalue weighted by molar-refractivity contribution is 5.39. The van der Waals surface area contributed by atoms with Crippen molar-refractivity contribution in [1.82, 2.24) is 14.9 Å². The normalized spacial score (nSPS) is 18.6. The molecule has 0 bridgehead atoms. The minimum absolute atomic E-state index is 0.360. The van der Waals surface area contributed by atoms with Gasteiger partial charge in [-0.05, 0) is 43.7 Å². The van der Waals surface area contributed by atoms with E-state index in [0.717, 1.165) is 44.0 Å². The minimum Gasteiger partial charge on any atom is -0.366 e. The molecule has 0 aromatic carbocycles. The Balaban J connectivity index is 1.59. The highest BCUT2D eigenvalue weighted by Crippen LogP contribution is 2.16. The first-order valence-corrected chi connectivity index (χ1v) is 7.59. The molecule has 5 heteroatoms. The van der Waals surface area contributed by atoms with Crippen LogP contribution in [-0.2, 0) is 6.54 Å². The molecule has 2 aromatic rings. The Morgan fingerprint density at radius 3 is 3.05 bits per heavy atom. The maximum absolute atomic E-state index is 8.92. The number of pyridine rings is 2. The fraction of sp³-hybridized carbons (Fsp3) is 0.353. The van der Waals surface area contributed by atoms with E-state index in [4.69, 9.17) is 5.26 Å². The van der Waals surface area contributed by atoms with Gasteiger partial charge in [0, 0.05) is 25.3 Å². The van der Waals surface area contributed by atoms with Crippen LogP contribution in [0.15, 0.2) is 42.6 Å². The number of piperidine rings is 1. The number of nitriles is 1. The Morgan fingerprint density at radius 1 is 1.27 bits per heavy atom. The molecular formula is C17H19N5. The zero-order valence-electron chi connectivity index (χ0n) is 12.4. The lowest BCUT2D eigenvalue weighted by atomic mass is 10.1. The van der Waals surface area contributed by atoms with Gasteiger partial charge in [0.25, 0.3) is 0 Å². The van der Waals surface area contributed by atoms with Crippen LogP contribution >= 0.6 is 0 Å². The molecule has 0 spiro atoms. The van der Waals surface area contributed by atoms with E-state index < -0.39 is 0 Å². The predicted molar refractivity (Wildman–Crippen MR) is 85.1 cm³/mol. The molecule has 112 valence electrons. The van der Waals surface area contributed by atoms with Gasteiger partial charge >= 0.3 is 0 Å². The van der Waals surface area contributed by atoms with Crippen LogP contribution in [0.2, 0.25) is 0 Å². The van der Waals surface area contributed by atoms with Gasteiger partial charge in [-0.15, -0.1) is 0 Å². The molecule has 5 nitrogen and oxygen atoms in total. The second-order valence-electron chi connectivity index (χ2n) is 5.56. The Kier molecular flexibility index (Phi) is 4.62. The van der Waals surface area contributed by atoms with Crippen LogP contribution in [0.25, 0.3) is 0 Å². The maximum atomic E-state index is 8.92. The van der Waals surface area contributed by atoms with Crippen LogP contribution in [0.5, 0.6) is 0 Å². The van der Waals surface area contributed by atoms with Gasteiger partial charge in [0.05, 0.1) is 5.69 Å². The number of likely N-dealkylation sites (tertiary alicyclic amines) is 1. The molecule has 1 fully saturated rings. The SMILES string of the molecule is N#Cc1cccc(NC2CCCN(Cc3ccccn3)C2)n1.